The third kappa shape index (κ3) is 3.82. The maximum absolute atomic E-state index is 12.7. The lowest BCUT2D eigenvalue weighted by atomic mass is 10.2. The molecule has 2 aromatic carbocycles. The van der Waals surface area contributed by atoms with Crippen molar-refractivity contribution in [3.05, 3.63) is 99.2 Å². The van der Waals surface area contributed by atoms with Crippen molar-refractivity contribution in [1.29, 1.82) is 0 Å². The molecule has 0 aliphatic heterocycles. The van der Waals surface area contributed by atoms with Crippen LogP contribution in [0.3, 0.4) is 0 Å². The molecule has 0 bridgehead atoms. The molecule has 2 aromatic heterocycles. The van der Waals surface area contributed by atoms with Crippen molar-refractivity contribution < 1.29 is 9.15 Å². The molecule has 0 aliphatic carbocycles. The topological polar surface area (TPSA) is 79.3 Å². The first-order valence-electron chi connectivity index (χ1n) is 9.64. The Morgan fingerprint density at radius 2 is 1.70 bits per heavy atom. The number of rotatable bonds is 6. The summed E-state index contributed by atoms with van der Waals surface area (Å²) in [6.45, 7) is 4.40. The zero-order chi connectivity index (χ0) is 21.1. The van der Waals surface area contributed by atoms with Gasteiger partial charge >= 0.3 is 11.1 Å². The molecule has 0 N–H and O–H groups in total. The molecule has 7 nitrogen and oxygen atoms in total. The van der Waals surface area contributed by atoms with E-state index in [2.05, 4.69) is 4.98 Å². The smallest absolute Gasteiger partial charge is 0.320 e. The van der Waals surface area contributed by atoms with E-state index in [1.165, 1.54) is 9.13 Å². The molecule has 7 heteroatoms. The van der Waals surface area contributed by atoms with Crippen molar-refractivity contribution in [2.45, 2.75) is 20.4 Å². The van der Waals surface area contributed by atoms with E-state index in [-0.39, 0.29) is 6.54 Å². The lowest BCUT2D eigenvalue weighted by Gasteiger charge is -2.09. The predicted molar refractivity (Wildman–Crippen MR) is 113 cm³/mol. The zero-order valence-electron chi connectivity index (χ0n) is 16.7. The fourth-order valence-corrected chi connectivity index (χ4v) is 3.15. The Morgan fingerprint density at radius 3 is 2.40 bits per heavy atom. The normalized spacial score (nSPS) is 10.9. The van der Waals surface area contributed by atoms with Gasteiger partial charge in [-0.15, -0.1) is 0 Å². The number of oxazole rings is 1. The standard InChI is InChI=1S/C23H21N3O4/c1-3-29-19-11-9-18(10-12-19)26-14-13-25(22(27)23(26)28)15-20-16(2)30-21(24-20)17-7-5-4-6-8-17/h4-14H,3,15H2,1-2H3. The first kappa shape index (κ1) is 19.4. The third-order valence-corrected chi connectivity index (χ3v) is 4.72. The van der Waals surface area contributed by atoms with Gasteiger partial charge in [0.05, 0.1) is 13.2 Å². The van der Waals surface area contributed by atoms with Gasteiger partial charge in [0.2, 0.25) is 5.89 Å². The van der Waals surface area contributed by atoms with Crippen LogP contribution in [-0.2, 0) is 6.54 Å². The second kappa shape index (κ2) is 8.24. The summed E-state index contributed by atoms with van der Waals surface area (Å²) in [5.74, 6) is 1.80. The van der Waals surface area contributed by atoms with Crippen LogP contribution in [0.2, 0.25) is 0 Å². The van der Waals surface area contributed by atoms with Crippen molar-refractivity contribution in [1.82, 2.24) is 14.1 Å². The molecule has 152 valence electrons. The van der Waals surface area contributed by atoms with Crippen molar-refractivity contribution in [2.24, 2.45) is 0 Å². The zero-order valence-corrected chi connectivity index (χ0v) is 16.7. The molecule has 0 spiro atoms. The number of nitrogens with zero attached hydrogens (tertiary/aromatic N) is 3. The Labute approximate surface area is 172 Å². The van der Waals surface area contributed by atoms with Gasteiger partial charge in [0, 0.05) is 23.6 Å². The van der Waals surface area contributed by atoms with Crippen molar-refractivity contribution in [3.8, 4) is 22.9 Å². The average molecular weight is 403 g/mol. The quantitative estimate of drug-likeness (QED) is 0.461. The molecule has 2 heterocycles. The maximum atomic E-state index is 12.7. The molecule has 0 fully saturated rings. The highest BCUT2D eigenvalue weighted by Crippen LogP contribution is 2.21. The second-order valence-electron chi connectivity index (χ2n) is 6.72. The number of hydrogen-bond donors (Lipinski definition) is 0. The van der Waals surface area contributed by atoms with Crippen LogP contribution in [0.25, 0.3) is 17.1 Å². The number of aromatic nitrogens is 3. The minimum atomic E-state index is -0.633. The van der Waals surface area contributed by atoms with Crippen molar-refractivity contribution in [2.75, 3.05) is 6.61 Å². The van der Waals surface area contributed by atoms with Crippen LogP contribution in [0.4, 0.5) is 0 Å². The van der Waals surface area contributed by atoms with E-state index in [1.54, 1.807) is 43.6 Å². The SMILES string of the molecule is CCOc1ccc(-n2ccn(Cc3nc(-c4ccccc4)oc3C)c(=O)c2=O)cc1. The summed E-state index contributed by atoms with van der Waals surface area (Å²) in [5.41, 5.74) is 0.789. The maximum Gasteiger partial charge on any atom is 0.320 e. The predicted octanol–water partition coefficient (Wildman–Crippen LogP) is 3.41. The van der Waals surface area contributed by atoms with Gasteiger partial charge in [-0.25, -0.2) is 4.98 Å². The molecular weight excluding hydrogens is 382 g/mol. The Kier molecular flexibility index (Phi) is 5.34. The Bertz CT molecular complexity index is 1270. The number of aryl methyl sites for hydroxylation is 1. The van der Waals surface area contributed by atoms with Crippen LogP contribution in [0.5, 0.6) is 5.75 Å². The van der Waals surface area contributed by atoms with E-state index < -0.39 is 11.1 Å². The van der Waals surface area contributed by atoms with Crippen LogP contribution in [0.1, 0.15) is 18.4 Å². The summed E-state index contributed by atoms with van der Waals surface area (Å²) >= 11 is 0. The highest BCUT2D eigenvalue weighted by Gasteiger charge is 2.14. The molecule has 30 heavy (non-hydrogen) atoms. The molecule has 0 radical (unpaired) electrons. The highest BCUT2D eigenvalue weighted by molar-refractivity contribution is 5.53. The number of benzene rings is 2. The van der Waals surface area contributed by atoms with Crippen molar-refractivity contribution >= 4 is 0 Å². The van der Waals surface area contributed by atoms with Gasteiger partial charge in [-0.3, -0.25) is 14.2 Å². The number of ether oxygens (including phenoxy) is 1. The Balaban J connectivity index is 1.62. The first-order valence-corrected chi connectivity index (χ1v) is 9.64. The van der Waals surface area contributed by atoms with Crippen LogP contribution in [0, 0.1) is 6.92 Å². The molecule has 0 unspecified atom stereocenters. The Morgan fingerprint density at radius 1 is 0.967 bits per heavy atom. The average Bonchev–Trinajstić information content (AvgIpc) is 3.13. The fourth-order valence-electron chi connectivity index (χ4n) is 3.15. The van der Waals surface area contributed by atoms with E-state index in [9.17, 15) is 9.59 Å². The fraction of sp³-hybridized carbons (Fsp3) is 0.174. The minimum Gasteiger partial charge on any atom is -0.494 e. The molecular formula is C23H21N3O4. The molecule has 0 saturated heterocycles. The minimum absolute atomic E-state index is 0.153. The largest absolute Gasteiger partial charge is 0.494 e. The van der Waals surface area contributed by atoms with Gasteiger partial charge < -0.3 is 13.7 Å². The van der Waals surface area contributed by atoms with E-state index in [4.69, 9.17) is 9.15 Å². The van der Waals surface area contributed by atoms with Gasteiger partial charge in [-0.05, 0) is 50.2 Å². The monoisotopic (exact) mass is 403 g/mol. The van der Waals surface area contributed by atoms with E-state index in [0.717, 1.165) is 5.56 Å². The van der Waals surface area contributed by atoms with Gasteiger partial charge in [-0.2, -0.15) is 0 Å². The first-order chi connectivity index (χ1) is 14.6. The highest BCUT2D eigenvalue weighted by atomic mass is 16.5. The summed E-state index contributed by atoms with van der Waals surface area (Å²) < 4.78 is 13.8. The number of hydrogen-bond acceptors (Lipinski definition) is 5. The molecule has 0 aliphatic rings. The second-order valence-corrected chi connectivity index (χ2v) is 6.72. The summed E-state index contributed by atoms with van der Waals surface area (Å²) in [6.07, 6.45) is 3.16. The van der Waals surface area contributed by atoms with Crippen LogP contribution in [-0.4, -0.2) is 20.7 Å². The van der Waals surface area contributed by atoms with Crippen molar-refractivity contribution in [3.63, 3.8) is 0 Å². The molecule has 4 rings (SSSR count). The van der Waals surface area contributed by atoms with E-state index in [0.29, 0.717) is 35.4 Å². The van der Waals surface area contributed by atoms with E-state index in [1.807, 2.05) is 37.3 Å². The molecule has 0 atom stereocenters. The lowest BCUT2D eigenvalue weighted by Crippen LogP contribution is -2.40. The lowest BCUT2D eigenvalue weighted by molar-refractivity contribution is 0.340. The molecule has 0 amide bonds. The summed E-state index contributed by atoms with van der Waals surface area (Å²) in [7, 11) is 0. The summed E-state index contributed by atoms with van der Waals surface area (Å²) in [4.78, 5) is 29.8. The van der Waals surface area contributed by atoms with Crippen LogP contribution in [0.15, 0.2) is 81.0 Å². The summed E-state index contributed by atoms with van der Waals surface area (Å²) in [6, 6.07) is 16.5. The van der Waals surface area contributed by atoms with Crippen LogP contribution < -0.4 is 15.9 Å². The van der Waals surface area contributed by atoms with Gasteiger partial charge in [0.25, 0.3) is 0 Å². The third-order valence-electron chi connectivity index (χ3n) is 4.72. The van der Waals surface area contributed by atoms with Gasteiger partial charge in [0.1, 0.15) is 17.2 Å². The summed E-state index contributed by atoms with van der Waals surface area (Å²) in [5, 5.41) is 0. The Hall–Kier alpha value is -3.87. The van der Waals surface area contributed by atoms with Gasteiger partial charge in [0.15, 0.2) is 0 Å². The van der Waals surface area contributed by atoms with Gasteiger partial charge in [-0.1, -0.05) is 18.2 Å². The molecule has 0 saturated carbocycles. The van der Waals surface area contributed by atoms with E-state index >= 15 is 0 Å². The van der Waals surface area contributed by atoms with Crippen LogP contribution >= 0.6 is 0 Å². The molecule has 4 aromatic rings.